The van der Waals surface area contributed by atoms with Gasteiger partial charge in [-0.15, -0.1) is 6.58 Å². The summed E-state index contributed by atoms with van der Waals surface area (Å²) in [5, 5.41) is 48.4. The number of phenolic OH excluding ortho intramolecular Hbond substituents is 1. The molecule has 0 spiro atoms. The van der Waals surface area contributed by atoms with Crippen molar-refractivity contribution in [1.29, 1.82) is 0 Å². The second-order valence-corrected chi connectivity index (χ2v) is 7.10. The molecule has 7 heteroatoms. The van der Waals surface area contributed by atoms with Crippen molar-refractivity contribution in [2.75, 3.05) is 6.61 Å². The first kappa shape index (κ1) is 22.0. The predicted octanol–water partition coefficient (Wildman–Crippen LogP) is 1.55. The molecule has 0 amide bonds. The summed E-state index contributed by atoms with van der Waals surface area (Å²) < 4.78 is 11.0. The summed E-state index contributed by atoms with van der Waals surface area (Å²) in [7, 11) is 0. The minimum absolute atomic E-state index is 0.0555. The number of hydrogen-bond acceptors (Lipinski definition) is 7. The van der Waals surface area contributed by atoms with Gasteiger partial charge in [-0.1, -0.05) is 42.5 Å². The molecule has 0 saturated carbocycles. The third-order valence-electron chi connectivity index (χ3n) is 5.01. The van der Waals surface area contributed by atoms with Gasteiger partial charge in [-0.2, -0.15) is 0 Å². The van der Waals surface area contributed by atoms with E-state index in [4.69, 9.17) is 9.47 Å². The summed E-state index contributed by atoms with van der Waals surface area (Å²) in [5.74, 6) is 0.552. The van der Waals surface area contributed by atoms with Gasteiger partial charge in [0.15, 0.2) is 0 Å². The van der Waals surface area contributed by atoms with E-state index < -0.39 is 37.3 Å². The fourth-order valence-corrected chi connectivity index (χ4v) is 3.19. The maximum Gasteiger partial charge on any atom is 0.229 e. The molecular formula is C23H26O7. The molecule has 7 nitrogen and oxygen atoms in total. The predicted molar refractivity (Wildman–Crippen MR) is 111 cm³/mol. The molecule has 1 fully saturated rings. The highest BCUT2D eigenvalue weighted by atomic mass is 16.7. The minimum Gasteiger partial charge on any atom is -0.508 e. The summed E-state index contributed by atoms with van der Waals surface area (Å²) in [4.78, 5) is 0. The Morgan fingerprint density at radius 2 is 1.63 bits per heavy atom. The van der Waals surface area contributed by atoms with Crippen LogP contribution in [-0.2, 0) is 4.74 Å². The van der Waals surface area contributed by atoms with Crippen LogP contribution in [0.25, 0.3) is 6.08 Å². The average molecular weight is 414 g/mol. The highest BCUT2D eigenvalue weighted by Gasteiger charge is 2.44. The largest absolute Gasteiger partial charge is 0.508 e. The molecular weight excluding hydrogens is 388 g/mol. The molecule has 0 radical (unpaired) electrons. The Kier molecular flexibility index (Phi) is 7.25. The first-order chi connectivity index (χ1) is 14.4. The van der Waals surface area contributed by atoms with Gasteiger partial charge in [0.2, 0.25) is 6.29 Å². The molecule has 1 aliphatic heterocycles. The van der Waals surface area contributed by atoms with Gasteiger partial charge in [0, 0.05) is 5.92 Å². The molecule has 160 valence electrons. The number of hydrogen-bond donors (Lipinski definition) is 5. The molecule has 30 heavy (non-hydrogen) atoms. The number of ether oxygens (including phenoxy) is 2. The van der Waals surface area contributed by atoms with Crippen molar-refractivity contribution in [3.63, 3.8) is 0 Å². The SMILES string of the molecule is C=C[C@H](/C=C/c1ccc(O)cc1)c1ccc(O[C@@H]2O[C@H](CO)[C@@H](O)[C@H](O)[C@H]2O)cc1. The van der Waals surface area contributed by atoms with Crippen molar-refractivity contribution < 1.29 is 35.0 Å². The summed E-state index contributed by atoms with van der Waals surface area (Å²) in [5.41, 5.74) is 1.91. The zero-order valence-corrected chi connectivity index (χ0v) is 16.3. The Balaban J connectivity index is 1.67. The van der Waals surface area contributed by atoms with E-state index in [1.807, 2.05) is 36.4 Å². The molecule has 0 bridgehead atoms. The van der Waals surface area contributed by atoms with Crippen LogP contribution in [-0.4, -0.2) is 62.8 Å². The Bertz CT molecular complexity index is 845. The average Bonchev–Trinajstić information content (AvgIpc) is 2.76. The van der Waals surface area contributed by atoms with Crippen LogP contribution >= 0.6 is 0 Å². The van der Waals surface area contributed by atoms with Gasteiger partial charge < -0.3 is 35.0 Å². The van der Waals surface area contributed by atoms with E-state index in [-0.39, 0.29) is 11.7 Å². The molecule has 3 rings (SSSR count). The second kappa shape index (κ2) is 9.88. The highest BCUT2D eigenvalue weighted by molar-refractivity contribution is 5.53. The van der Waals surface area contributed by atoms with E-state index in [9.17, 15) is 25.5 Å². The first-order valence-electron chi connectivity index (χ1n) is 9.60. The van der Waals surface area contributed by atoms with Crippen LogP contribution in [0.15, 0.2) is 67.3 Å². The normalized spacial score (nSPS) is 27.7. The quantitative estimate of drug-likeness (QED) is 0.436. The fourth-order valence-electron chi connectivity index (χ4n) is 3.19. The Morgan fingerprint density at radius 3 is 2.23 bits per heavy atom. The maximum atomic E-state index is 10.1. The number of phenols is 1. The van der Waals surface area contributed by atoms with Gasteiger partial charge in [0.05, 0.1) is 6.61 Å². The molecule has 1 heterocycles. The lowest BCUT2D eigenvalue weighted by molar-refractivity contribution is -0.277. The Morgan fingerprint density at radius 1 is 0.967 bits per heavy atom. The van der Waals surface area contributed by atoms with Crippen molar-refractivity contribution in [2.45, 2.75) is 36.6 Å². The zero-order chi connectivity index (χ0) is 21.7. The summed E-state index contributed by atoms with van der Waals surface area (Å²) in [6.07, 6.45) is -0.923. The number of benzene rings is 2. The summed E-state index contributed by atoms with van der Waals surface area (Å²) >= 11 is 0. The Hall–Kier alpha value is -2.68. The third kappa shape index (κ3) is 5.08. The van der Waals surface area contributed by atoms with Gasteiger partial charge in [0.25, 0.3) is 0 Å². The maximum absolute atomic E-state index is 10.1. The van der Waals surface area contributed by atoms with E-state index in [1.54, 1.807) is 30.3 Å². The highest BCUT2D eigenvalue weighted by Crippen LogP contribution is 2.27. The fraction of sp³-hybridized carbons (Fsp3) is 0.304. The van der Waals surface area contributed by atoms with Crippen molar-refractivity contribution in [3.8, 4) is 11.5 Å². The molecule has 0 aliphatic carbocycles. The number of allylic oxidation sites excluding steroid dienone is 2. The zero-order valence-electron chi connectivity index (χ0n) is 16.3. The second-order valence-electron chi connectivity index (χ2n) is 7.10. The number of aromatic hydroxyl groups is 1. The van der Waals surface area contributed by atoms with Gasteiger partial charge >= 0.3 is 0 Å². The first-order valence-corrected chi connectivity index (χ1v) is 9.60. The van der Waals surface area contributed by atoms with E-state index in [2.05, 4.69) is 6.58 Å². The van der Waals surface area contributed by atoms with Crippen molar-refractivity contribution in [2.24, 2.45) is 0 Å². The van der Waals surface area contributed by atoms with E-state index in [0.29, 0.717) is 5.75 Å². The van der Waals surface area contributed by atoms with Gasteiger partial charge in [0.1, 0.15) is 35.9 Å². The van der Waals surface area contributed by atoms with E-state index in [1.165, 1.54) is 0 Å². The van der Waals surface area contributed by atoms with Gasteiger partial charge in [-0.3, -0.25) is 0 Å². The van der Waals surface area contributed by atoms with Crippen LogP contribution in [0.2, 0.25) is 0 Å². The molecule has 0 aromatic heterocycles. The monoisotopic (exact) mass is 414 g/mol. The van der Waals surface area contributed by atoms with Crippen LogP contribution in [0, 0.1) is 0 Å². The smallest absolute Gasteiger partial charge is 0.229 e. The van der Waals surface area contributed by atoms with Crippen LogP contribution < -0.4 is 4.74 Å². The molecule has 1 aliphatic rings. The molecule has 2 aromatic carbocycles. The van der Waals surface area contributed by atoms with E-state index in [0.717, 1.165) is 11.1 Å². The van der Waals surface area contributed by atoms with Crippen molar-refractivity contribution in [3.05, 3.63) is 78.4 Å². The summed E-state index contributed by atoms with van der Waals surface area (Å²) in [6, 6.07) is 13.9. The van der Waals surface area contributed by atoms with Crippen LogP contribution in [0.5, 0.6) is 11.5 Å². The molecule has 6 atom stereocenters. The van der Waals surface area contributed by atoms with Crippen molar-refractivity contribution in [1.82, 2.24) is 0 Å². The van der Waals surface area contributed by atoms with Crippen LogP contribution in [0.4, 0.5) is 0 Å². The standard InChI is InChI=1S/C23H26O7/c1-2-15(6-3-14-4-9-17(25)10-5-14)16-7-11-18(12-8-16)29-23-22(28)21(27)20(26)19(13-24)30-23/h2-12,15,19-28H,1,13H2/b6-3+/t15-,19-,20-,21+,22-,23-/m1/s1. The lowest BCUT2D eigenvalue weighted by Gasteiger charge is -2.39. The van der Waals surface area contributed by atoms with Crippen LogP contribution in [0.1, 0.15) is 17.0 Å². The van der Waals surface area contributed by atoms with E-state index >= 15 is 0 Å². The molecule has 0 unspecified atom stereocenters. The number of aliphatic hydroxyl groups is 4. The van der Waals surface area contributed by atoms with Gasteiger partial charge in [-0.05, 0) is 35.4 Å². The number of rotatable bonds is 7. The topological polar surface area (TPSA) is 120 Å². The summed E-state index contributed by atoms with van der Waals surface area (Å²) in [6.45, 7) is 3.36. The lowest BCUT2D eigenvalue weighted by Crippen LogP contribution is -2.60. The van der Waals surface area contributed by atoms with Crippen LogP contribution in [0.3, 0.4) is 0 Å². The lowest BCUT2D eigenvalue weighted by atomic mass is 9.97. The van der Waals surface area contributed by atoms with Gasteiger partial charge in [-0.25, -0.2) is 0 Å². The Labute approximate surface area is 174 Å². The minimum atomic E-state index is -1.49. The molecule has 5 N–H and O–H groups in total. The number of aliphatic hydroxyl groups excluding tert-OH is 4. The molecule has 2 aromatic rings. The van der Waals surface area contributed by atoms with Crippen molar-refractivity contribution >= 4 is 6.08 Å². The third-order valence-corrected chi connectivity index (χ3v) is 5.01. The molecule has 1 saturated heterocycles.